The van der Waals surface area contributed by atoms with Crippen LogP contribution < -0.4 is 5.73 Å². The highest BCUT2D eigenvalue weighted by Crippen LogP contribution is 2.06. The highest BCUT2D eigenvalue weighted by Gasteiger charge is 1.97. The van der Waals surface area contributed by atoms with Crippen LogP contribution in [0.4, 0.5) is 5.69 Å². The van der Waals surface area contributed by atoms with E-state index in [1.807, 2.05) is 6.07 Å². The minimum absolute atomic E-state index is 0.559. The summed E-state index contributed by atoms with van der Waals surface area (Å²) in [5, 5.41) is 0. The van der Waals surface area contributed by atoms with Crippen molar-refractivity contribution in [2.45, 2.75) is 33.3 Å². The number of nitrogens with two attached hydrogens (primary N) is 1. The van der Waals surface area contributed by atoms with Crippen LogP contribution in [0.25, 0.3) is 0 Å². The lowest BCUT2D eigenvalue weighted by Crippen LogP contribution is -2.00. The SMILES string of the molecule is CC(C)CCCOCc1cc(N)ccn1. The zero-order valence-corrected chi connectivity index (χ0v) is 9.57. The average molecular weight is 208 g/mol. The summed E-state index contributed by atoms with van der Waals surface area (Å²) in [6.45, 7) is 5.80. The molecule has 1 aromatic rings. The third-order valence-electron chi connectivity index (χ3n) is 2.16. The maximum Gasteiger partial charge on any atom is 0.0888 e. The molecule has 0 aliphatic carbocycles. The van der Waals surface area contributed by atoms with Gasteiger partial charge in [0.25, 0.3) is 0 Å². The summed E-state index contributed by atoms with van der Waals surface area (Å²) < 4.78 is 5.51. The molecule has 1 heterocycles. The molecule has 0 radical (unpaired) electrons. The molecule has 15 heavy (non-hydrogen) atoms. The van der Waals surface area contributed by atoms with E-state index in [1.54, 1.807) is 12.3 Å². The van der Waals surface area contributed by atoms with Crippen LogP contribution in [0.2, 0.25) is 0 Å². The first-order chi connectivity index (χ1) is 7.18. The zero-order chi connectivity index (χ0) is 11.1. The minimum atomic E-state index is 0.559. The fraction of sp³-hybridized carbons (Fsp3) is 0.583. The summed E-state index contributed by atoms with van der Waals surface area (Å²) in [6.07, 6.45) is 4.03. The molecule has 0 unspecified atom stereocenters. The van der Waals surface area contributed by atoms with Gasteiger partial charge >= 0.3 is 0 Å². The van der Waals surface area contributed by atoms with Crippen molar-refractivity contribution in [1.29, 1.82) is 0 Å². The standard InChI is InChI=1S/C12H20N2O/c1-10(2)4-3-7-15-9-12-8-11(13)5-6-14-12/h5-6,8,10H,3-4,7,9H2,1-2H3,(H2,13,14). The quantitative estimate of drug-likeness (QED) is 0.731. The van der Waals surface area contributed by atoms with Gasteiger partial charge in [0.05, 0.1) is 12.3 Å². The molecule has 1 aromatic heterocycles. The lowest BCUT2D eigenvalue weighted by atomic mass is 10.1. The molecule has 0 aromatic carbocycles. The highest BCUT2D eigenvalue weighted by molar-refractivity contribution is 5.36. The van der Waals surface area contributed by atoms with Crippen LogP contribution >= 0.6 is 0 Å². The summed E-state index contributed by atoms with van der Waals surface area (Å²) in [5.74, 6) is 0.749. The molecular formula is C12H20N2O. The monoisotopic (exact) mass is 208 g/mol. The van der Waals surface area contributed by atoms with E-state index in [4.69, 9.17) is 10.5 Å². The van der Waals surface area contributed by atoms with Crippen molar-refractivity contribution in [2.75, 3.05) is 12.3 Å². The lowest BCUT2D eigenvalue weighted by molar-refractivity contribution is 0.112. The molecule has 0 fully saturated rings. The van der Waals surface area contributed by atoms with E-state index in [2.05, 4.69) is 18.8 Å². The second kappa shape index (κ2) is 6.40. The molecule has 0 aliphatic heterocycles. The predicted octanol–water partition coefficient (Wildman–Crippen LogP) is 2.62. The van der Waals surface area contributed by atoms with Crippen molar-refractivity contribution in [2.24, 2.45) is 5.92 Å². The van der Waals surface area contributed by atoms with Gasteiger partial charge in [-0.2, -0.15) is 0 Å². The van der Waals surface area contributed by atoms with Gasteiger partial charge in [-0.15, -0.1) is 0 Å². The summed E-state index contributed by atoms with van der Waals surface area (Å²) >= 11 is 0. The number of hydrogen-bond acceptors (Lipinski definition) is 3. The number of anilines is 1. The van der Waals surface area contributed by atoms with Crippen molar-refractivity contribution in [3.05, 3.63) is 24.0 Å². The molecule has 0 saturated heterocycles. The normalized spacial score (nSPS) is 10.9. The average Bonchev–Trinajstić information content (AvgIpc) is 2.17. The molecule has 1 rings (SSSR count). The molecule has 0 spiro atoms. The number of hydrogen-bond donors (Lipinski definition) is 1. The van der Waals surface area contributed by atoms with Gasteiger partial charge in [0.1, 0.15) is 0 Å². The van der Waals surface area contributed by atoms with Crippen LogP contribution in [0, 0.1) is 5.92 Å². The van der Waals surface area contributed by atoms with Gasteiger partial charge in [-0.3, -0.25) is 4.98 Å². The number of aromatic nitrogens is 1. The van der Waals surface area contributed by atoms with Crippen molar-refractivity contribution in [3.8, 4) is 0 Å². The Hall–Kier alpha value is -1.09. The van der Waals surface area contributed by atoms with Crippen molar-refractivity contribution < 1.29 is 4.74 Å². The van der Waals surface area contributed by atoms with Crippen molar-refractivity contribution in [1.82, 2.24) is 4.98 Å². The third-order valence-corrected chi connectivity index (χ3v) is 2.16. The van der Waals surface area contributed by atoms with E-state index in [1.165, 1.54) is 6.42 Å². The molecule has 0 saturated carbocycles. The van der Waals surface area contributed by atoms with Gasteiger partial charge in [-0.1, -0.05) is 13.8 Å². The second-order valence-electron chi connectivity index (χ2n) is 4.17. The topological polar surface area (TPSA) is 48.1 Å². The van der Waals surface area contributed by atoms with Crippen LogP contribution in [-0.2, 0) is 11.3 Å². The first kappa shape index (κ1) is 12.0. The largest absolute Gasteiger partial charge is 0.399 e. The molecule has 84 valence electrons. The maximum absolute atomic E-state index is 5.63. The molecule has 0 atom stereocenters. The van der Waals surface area contributed by atoms with Gasteiger partial charge in [0.15, 0.2) is 0 Å². The Labute approximate surface area is 91.7 Å². The molecule has 3 heteroatoms. The lowest BCUT2D eigenvalue weighted by Gasteiger charge is -2.06. The van der Waals surface area contributed by atoms with Gasteiger partial charge in [-0.25, -0.2) is 0 Å². The van der Waals surface area contributed by atoms with E-state index in [-0.39, 0.29) is 0 Å². The molecule has 2 N–H and O–H groups in total. The second-order valence-corrected chi connectivity index (χ2v) is 4.17. The van der Waals surface area contributed by atoms with Gasteiger partial charge in [0.2, 0.25) is 0 Å². The van der Waals surface area contributed by atoms with Crippen molar-refractivity contribution in [3.63, 3.8) is 0 Å². The molecule has 3 nitrogen and oxygen atoms in total. The number of pyridine rings is 1. The minimum Gasteiger partial charge on any atom is -0.399 e. The Morgan fingerprint density at radius 1 is 1.47 bits per heavy atom. The third kappa shape index (κ3) is 5.37. The van der Waals surface area contributed by atoms with Crippen LogP contribution in [0.5, 0.6) is 0 Å². The molecule has 0 bridgehead atoms. The Bertz CT molecular complexity index is 287. The highest BCUT2D eigenvalue weighted by atomic mass is 16.5. The Morgan fingerprint density at radius 3 is 2.93 bits per heavy atom. The van der Waals surface area contributed by atoms with E-state index >= 15 is 0 Å². The predicted molar refractivity (Wildman–Crippen MR) is 62.4 cm³/mol. The number of nitrogens with zero attached hydrogens (tertiary/aromatic N) is 1. The first-order valence-electron chi connectivity index (χ1n) is 5.46. The smallest absolute Gasteiger partial charge is 0.0888 e. The first-order valence-corrected chi connectivity index (χ1v) is 5.46. The molecular weight excluding hydrogens is 188 g/mol. The Balaban J connectivity index is 2.15. The number of nitrogen functional groups attached to an aromatic ring is 1. The van der Waals surface area contributed by atoms with Crippen LogP contribution in [0.3, 0.4) is 0 Å². The van der Waals surface area contributed by atoms with E-state index in [0.717, 1.165) is 30.3 Å². The van der Waals surface area contributed by atoms with E-state index in [9.17, 15) is 0 Å². The molecule has 0 amide bonds. The van der Waals surface area contributed by atoms with Crippen LogP contribution in [0.1, 0.15) is 32.4 Å². The Morgan fingerprint density at radius 2 is 2.27 bits per heavy atom. The Kier molecular flexibility index (Phi) is 5.12. The number of rotatable bonds is 6. The molecule has 0 aliphatic rings. The van der Waals surface area contributed by atoms with Crippen molar-refractivity contribution >= 4 is 5.69 Å². The van der Waals surface area contributed by atoms with Crippen LogP contribution in [-0.4, -0.2) is 11.6 Å². The summed E-state index contributed by atoms with van der Waals surface area (Å²) in [5.41, 5.74) is 7.28. The zero-order valence-electron chi connectivity index (χ0n) is 9.57. The summed E-state index contributed by atoms with van der Waals surface area (Å²) in [4.78, 5) is 4.17. The maximum atomic E-state index is 5.63. The van der Waals surface area contributed by atoms with E-state index in [0.29, 0.717) is 6.61 Å². The van der Waals surface area contributed by atoms with Crippen LogP contribution in [0.15, 0.2) is 18.3 Å². The van der Waals surface area contributed by atoms with Gasteiger partial charge < -0.3 is 10.5 Å². The number of ether oxygens (including phenoxy) is 1. The van der Waals surface area contributed by atoms with Gasteiger partial charge in [0, 0.05) is 18.5 Å². The van der Waals surface area contributed by atoms with E-state index < -0.39 is 0 Å². The fourth-order valence-corrected chi connectivity index (χ4v) is 1.35. The fourth-order valence-electron chi connectivity index (χ4n) is 1.35. The summed E-state index contributed by atoms with van der Waals surface area (Å²) in [6, 6.07) is 3.63. The van der Waals surface area contributed by atoms with Gasteiger partial charge in [-0.05, 0) is 30.9 Å². The summed E-state index contributed by atoms with van der Waals surface area (Å²) in [7, 11) is 0.